The average molecular weight is 196 g/mol. The van der Waals surface area contributed by atoms with Gasteiger partial charge in [0.15, 0.2) is 0 Å². The number of rotatable bonds is 1. The van der Waals surface area contributed by atoms with E-state index in [9.17, 15) is 5.26 Å². The molecular formula is C13H12N2. The van der Waals surface area contributed by atoms with Crippen LogP contribution in [-0.2, 0) is 5.41 Å². The molecule has 3 rings (SSSR count). The highest BCUT2D eigenvalue weighted by atomic mass is 14.7. The zero-order valence-electron chi connectivity index (χ0n) is 8.46. The lowest BCUT2D eigenvalue weighted by atomic mass is 9.65. The first-order valence-corrected chi connectivity index (χ1v) is 5.33. The summed E-state index contributed by atoms with van der Waals surface area (Å²) in [6.45, 7) is 0. The number of hydrogen-bond donors (Lipinski definition) is 1. The third kappa shape index (κ3) is 1.10. The maximum atomic E-state index is 9.25. The minimum atomic E-state index is -0.195. The number of nitrogens with zero attached hydrogens (tertiary/aromatic N) is 1. The van der Waals surface area contributed by atoms with Gasteiger partial charge in [-0.15, -0.1) is 0 Å². The Morgan fingerprint density at radius 3 is 2.80 bits per heavy atom. The first-order valence-electron chi connectivity index (χ1n) is 5.33. The zero-order chi connectivity index (χ0) is 10.3. The van der Waals surface area contributed by atoms with Crippen LogP contribution in [0.3, 0.4) is 0 Å². The van der Waals surface area contributed by atoms with Crippen LogP contribution in [0.1, 0.15) is 24.8 Å². The van der Waals surface area contributed by atoms with Gasteiger partial charge in [0.2, 0.25) is 0 Å². The zero-order valence-corrected chi connectivity index (χ0v) is 8.46. The second kappa shape index (κ2) is 2.87. The van der Waals surface area contributed by atoms with Gasteiger partial charge in [0.25, 0.3) is 0 Å². The molecule has 0 spiro atoms. The summed E-state index contributed by atoms with van der Waals surface area (Å²) in [5, 5.41) is 10.5. The third-order valence-corrected chi connectivity index (χ3v) is 3.53. The predicted molar refractivity (Wildman–Crippen MR) is 59.4 cm³/mol. The number of aromatic nitrogens is 1. The fraction of sp³-hybridized carbons (Fsp3) is 0.308. The molecule has 2 heteroatoms. The molecule has 1 heterocycles. The van der Waals surface area contributed by atoms with Gasteiger partial charge in [-0.3, -0.25) is 0 Å². The van der Waals surface area contributed by atoms with Crippen LogP contribution in [0.2, 0.25) is 0 Å². The van der Waals surface area contributed by atoms with E-state index in [4.69, 9.17) is 0 Å². The molecule has 1 aliphatic rings. The number of nitrogens with one attached hydrogen (secondary N) is 1. The van der Waals surface area contributed by atoms with Gasteiger partial charge < -0.3 is 4.98 Å². The molecule has 0 unspecified atom stereocenters. The van der Waals surface area contributed by atoms with E-state index in [0.717, 1.165) is 18.4 Å². The van der Waals surface area contributed by atoms with Crippen LogP contribution in [0.15, 0.2) is 30.5 Å². The first kappa shape index (κ1) is 8.55. The lowest BCUT2D eigenvalue weighted by Crippen LogP contribution is -2.32. The monoisotopic (exact) mass is 196 g/mol. The molecule has 0 saturated heterocycles. The van der Waals surface area contributed by atoms with Crippen LogP contribution in [0.5, 0.6) is 0 Å². The first-order chi connectivity index (χ1) is 7.34. The lowest BCUT2D eigenvalue weighted by Gasteiger charge is -2.35. The summed E-state index contributed by atoms with van der Waals surface area (Å²) in [6.07, 6.45) is 5.13. The standard InChI is InChI=1S/C13H12N2/c14-9-13(5-1-6-13)11-3-2-10-4-7-15-12(10)8-11/h2-4,7-8,15H,1,5-6H2. The lowest BCUT2D eigenvalue weighted by molar-refractivity contribution is 0.324. The molecule has 1 fully saturated rings. The Labute approximate surface area is 88.5 Å². The Kier molecular flexibility index (Phi) is 1.63. The van der Waals surface area contributed by atoms with Gasteiger partial charge in [-0.05, 0) is 42.3 Å². The molecule has 1 aromatic heterocycles. The van der Waals surface area contributed by atoms with E-state index in [1.54, 1.807) is 0 Å². The smallest absolute Gasteiger partial charge is 0.0823 e. The van der Waals surface area contributed by atoms with Crippen molar-refractivity contribution in [1.82, 2.24) is 4.98 Å². The van der Waals surface area contributed by atoms with Crippen molar-refractivity contribution in [2.45, 2.75) is 24.7 Å². The van der Waals surface area contributed by atoms with Gasteiger partial charge >= 0.3 is 0 Å². The van der Waals surface area contributed by atoms with Crippen LogP contribution in [-0.4, -0.2) is 4.98 Å². The summed E-state index contributed by atoms with van der Waals surface area (Å²) >= 11 is 0. The van der Waals surface area contributed by atoms with Gasteiger partial charge in [0.05, 0.1) is 11.5 Å². The summed E-state index contributed by atoms with van der Waals surface area (Å²) in [5.74, 6) is 0. The van der Waals surface area contributed by atoms with E-state index in [-0.39, 0.29) is 5.41 Å². The van der Waals surface area contributed by atoms with Gasteiger partial charge in [-0.25, -0.2) is 0 Å². The van der Waals surface area contributed by atoms with Gasteiger partial charge in [0, 0.05) is 11.7 Å². The Hall–Kier alpha value is -1.75. The quantitative estimate of drug-likeness (QED) is 0.747. The van der Waals surface area contributed by atoms with Crippen LogP contribution in [0, 0.1) is 11.3 Å². The van der Waals surface area contributed by atoms with Crippen molar-refractivity contribution in [1.29, 1.82) is 5.26 Å². The van der Waals surface area contributed by atoms with E-state index in [1.165, 1.54) is 17.4 Å². The number of hydrogen-bond acceptors (Lipinski definition) is 1. The SMILES string of the molecule is N#CC1(c2ccc3cc[nH]c3c2)CCC1. The maximum absolute atomic E-state index is 9.25. The van der Waals surface area contributed by atoms with E-state index < -0.39 is 0 Å². The summed E-state index contributed by atoms with van der Waals surface area (Å²) in [5.41, 5.74) is 2.11. The second-order valence-electron chi connectivity index (χ2n) is 4.33. The van der Waals surface area contributed by atoms with Gasteiger partial charge in [-0.2, -0.15) is 5.26 Å². The number of benzene rings is 1. The normalized spacial score (nSPS) is 18.3. The topological polar surface area (TPSA) is 39.6 Å². The minimum absolute atomic E-state index is 0.195. The van der Waals surface area contributed by atoms with Crippen LogP contribution >= 0.6 is 0 Å². The Bertz CT molecular complexity index is 541. The van der Waals surface area contributed by atoms with E-state index >= 15 is 0 Å². The van der Waals surface area contributed by atoms with E-state index in [2.05, 4.69) is 35.3 Å². The molecule has 15 heavy (non-hydrogen) atoms. The highest BCUT2D eigenvalue weighted by Gasteiger charge is 2.38. The highest BCUT2D eigenvalue weighted by Crippen LogP contribution is 2.43. The molecule has 1 aliphatic carbocycles. The van der Waals surface area contributed by atoms with Crippen LogP contribution in [0.4, 0.5) is 0 Å². The van der Waals surface area contributed by atoms with Crippen molar-refractivity contribution >= 4 is 10.9 Å². The molecule has 0 bridgehead atoms. The summed E-state index contributed by atoms with van der Waals surface area (Å²) in [4.78, 5) is 3.19. The summed E-state index contributed by atoms with van der Waals surface area (Å²) in [7, 11) is 0. The molecule has 74 valence electrons. The molecule has 1 saturated carbocycles. The Balaban J connectivity index is 2.15. The summed E-state index contributed by atoms with van der Waals surface area (Å²) < 4.78 is 0. The number of H-pyrrole nitrogens is 1. The highest BCUT2D eigenvalue weighted by molar-refractivity contribution is 5.80. The molecule has 0 atom stereocenters. The molecular weight excluding hydrogens is 184 g/mol. The van der Waals surface area contributed by atoms with Crippen molar-refractivity contribution in [3.63, 3.8) is 0 Å². The Morgan fingerprint density at radius 2 is 2.13 bits per heavy atom. The molecule has 0 aliphatic heterocycles. The summed E-state index contributed by atoms with van der Waals surface area (Å²) in [6, 6.07) is 10.8. The number of fused-ring (bicyclic) bond motifs is 1. The fourth-order valence-corrected chi connectivity index (χ4v) is 2.34. The van der Waals surface area contributed by atoms with Gasteiger partial charge in [-0.1, -0.05) is 12.1 Å². The van der Waals surface area contributed by atoms with Gasteiger partial charge in [0.1, 0.15) is 0 Å². The predicted octanol–water partition coefficient (Wildman–Crippen LogP) is 3.11. The van der Waals surface area contributed by atoms with Crippen LogP contribution < -0.4 is 0 Å². The molecule has 1 N–H and O–H groups in total. The molecule has 0 amide bonds. The number of nitriles is 1. The molecule has 2 nitrogen and oxygen atoms in total. The van der Waals surface area contributed by atoms with Crippen molar-refractivity contribution in [3.8, 4) is 6.07 Å². The maximum Gasteiger partial charge on any atom is 0.0823 e. The number of aromatic amines is 1. The second-order valence-corrected chi connectivity index (χ2v) is 4.33. The molecule has 1 aromatic carbocycles. The largest absolute Gasteiger partial charge is 0.361 e. The molecule has 2 aromatic rings. The van der Waals surface area contributed by atoms with E-state index in [0.29, 0.717) is 0 Å². The molecule has 0 radical (unpaired) electrons. The van der Waals surface area contributed by atoms with Crippen molar-refractivity contribution < 1.29 is 0 Å². The third-order valence-electron chi connectivity index (χ3n) is 3.53. The van der Waals surface area contributed by atoms with Crippen molar-refractivity contribution in [3.05, 3.63) is 36.0 Å². The van der Waals surface area contributed by atoms with E-state index in [1.807, 2.05) is 6.20 Å². The average Bonchev–Trinajstić information content (AvgIpc) is 2.64. The minimum Gasteiger partial charge on any atom is -0.361 e. The van der Waals surface area contributed by atoms with Crippen LogP contribution in [0.25, 0.3) is 10.9 Å². The van der Waals surface area contributed by atoms with Crippen molar-refractivity contribution in [2.24, 2.45) is 0 Å². The fourth-order valence-electron chi connectivity index (χ4n) is 2.34. The Morgan fingerprint density at radius 1 is 1.27 bits per heavy atom. The van der Waals surface area contributed by atoms with Crippen molar-refractivity contribution in [2.75, 3.05) is 0 Å².